The van der Waals surface area contributed by atoms with Gasteiger partial charge in [-0.15, -0.1) is 0 Å². The van der Waals surface area contributed by atoms with E-state index in [0.29, 0.717) is 5.69 Å². The van der Waals surface area contributed by atoms with Gasteiger partial charge in [-0.1, -0.05) is 5.18 Å². The van der Waals surface area contributed by atoms with Crippen LogP contribution in [0.15, 0.2) is 23.4 Å². The maximum Gasteiger partial charge on any atom is 0.249 e. The van der Waals surface area contributed by atoms with E-state index >= 15 is 0 Å². The van der Waals surface area contributed by atoms with Gasteiger partial charge in [0.25, 0.3) is 0 Å². The predicted molar refractivity (Wildman–Crippen MR) is 57.0 cm³/mol. The van der Waals surface area contributed by atoms with Crippen LogP contribution in [0.5, 0.6) is 5.75 Å². The molecule has 0 aromatic heterocycles. The first-order valence-electron chi connectivity index (χ1n) is 4.41. The first kappa shape index (κ1) is 11.2. The molecule has 1 rings (SSSR count). The van der Waals surface area contributed by atoms with Gasteiger partial charge < -0.3 is 10.1 Å². The SMILES string of the molecule is COc1ccc(NC(=O)CN=O)cc1C. The van der Waals surface area contributed by atoms with Gasteiger partial charge in [0.1, 0.15) is 5.75 Å². The van der Waals surface area contributed by atoms with Crippen LogP contribution in [0.4, 0.5) is 5.69 Å². The monoisotopic (exact) mass is 208 g/mol. The lowest BCUT2D eigenvalue weighted by Crippen LogP contribution is -2.14. The van der Waals surface area contributed by atoms with Gasteiger partial charge in [-0.3, -0.25) is 4.79 Å². The molecule has 0 saturated carbocycles. The van der Waals surface area contributed by atoms with Crippen LogP contribution < -0.4 is 10.1 Å². The van der Waals surface area contributed by atoms with Crippen molar-refractivity contribution in [1.82, 2.24) is 0 Å². The molecule has 0 aliphatic heterocycles. The zero-order valence-electron chi connectivity index (χ0n) is 8.61. The number of hydrogen-bond donors (Lipinski definition) is 1. The van der Waals surface area contributed by atoms with Gasteiger partial charge in [0.15, 0.2) is 6.54 Å². The average molecular weight is 208 g/mol. The maximum atomic E-state index is 11.0. The van der Waals surface area contributed by atoms with Crippen LogP contribution in [0.1, 0.15) is 5.56 Å². The molecular formula is C10H12N2O3. The van der Waals surface area contributed by atoms with Crippen LogP contribution in [-0.4, -0.2) is 19.6 Å². The van der Waals surface area contributed by atoms with Crippen LogP contribution in [0.3, 0.4) is 0 Å². The Morgan fingerprint density at radius 2 is 2.27 bits per heavy atom. The summed E-state index contributed by atoms with van der Waals surface area (Å²) in [4.78, 5) is 20.9. The lowest BCUT2D eigenvalue weighted by Gasteiger charge is -2.07. The molecule has 5 heteroatoms. The molecule has 5 nitrogen and oxygen atoms in total. The van der Waals surface area contributed by atoms with E-state index in [1.165, 1.54) is 0 Å². The van der Waals surface area contributed by atoms with Gasteiger partial charge in [-0.25, -0.2) is 0 Å². The van der Waals surface area contributed by atoms with Crippen molar-refractivity contribution in [2.75, 3.05) is 19.0 Å². The second-order valence-electron chi connectivity index (χ2n) is 3.02. The highest BCUT2D eigenvalue weighted by Crippen LogP contribution is 2.21. The Hall–Kier alpha value is -1.91. The number of carbonyl (C=O) groups is 1. The fourth-order valence-electron chi connectivity index (χ4n) is 1.22. The molecule has 0 radical (unpaired) electrons. The molecule has 0 unspecified atom stereocenters. The minimum atomic E-state index is -0.422. The smallest absolute Gasteiger partial charge is 0.249 e. The van der Waals surface area contributed by atoms with Crippen molar-refractivity contribution in [1.29, 1.82) is 0 Å². The van der Waals surface area contributed by atoms with Gasteiger partial charge in [-0.2, -0.15) is 4.91 Å². The summed E-state index contributed by atoms with van der Waals surface area (Å²) in [5.41, 5.74) is 1.54. The number of methoxy groups -OCH3 is 1. The summed E-state index contributed by atoms with van der Waals surface area (Å²) in [6.07, 6.45) is 0. The average Bonchev–Trinajstić information content (AvgIpc) is 2.18. The molecule has 1 N–H and O–H groups in total. The fourth-order valence-corrected chi connectivity index (χ4v) is 1.22. The normalized spacial score (nSPS) is 9.47. The van der Waals surface area contributed by atoms with Crippen LogP contribution >= 0.6 is 0 Å². The van der Waals surface area contributed by atoms with E-state index in [4.69, 9.17) is 4.74 Å². The molecule has 0 fully saturated rings. The molecular weight excluding hydrogens is 196 g/mol. The number of nitrogens with one attached hydrogen (secondary N) is 1. The largest absolute Gasteiger partial charge is 0.496 e. The van der Waals surface area contributed by atoms with Crippen LogP contribution in [-0.2, 0) is 4.79 Å². The number of anilines is 1. The molecule has 0 heterocycles. The van der Waals surface area contributed by atoms with Crippen molar-refractivity contribution in [3.05, 3.63) is 28.7 Å². The highest BCUT2D eigenvalue weighted by molar-refractivity contribution is 5.92. The molecule has 1 aromatic carbocycles. The van der Waals surface area contributed by atoms with Crippen molar-refractivity contribution >= 4 is 11.6 Å². The number of amides is 1. The van der Waals surface area contributed by atoms with Crippen LogP contribution in [0.2, 0.25) is 0 Å². The van der Waals surface area contributed by atoms with E-state index in [9.17, 15) is 9.70 Å². The minimum absolute atomic E-state index is 0.370. The summed E-state index contributed by atoms with van der Waals surface area (Å²) < 4.78 is 5.07. The van der Waals surface area contributed by atoms with Crippen molar-refractivity contribution in [2.45, 2.75) is 6.92 Å². The quantitative estimate of drug-likeness (QED) is 0.766. The second-order valence-corrected chi connectivity index (χ2v) is 3.02. The Bertz CT molecular complexity index is 377. The van der Waals surface area contributed by atoms with Crippen molar-refractivity contribution < 1.29 is 9.53 Å². The predicted octanol–water partition coefficient (Wildman–Crippen LogP) is 1.71. The third-order valence-electron chi connectivity index (χ3n) is 1.89. The molecule has 0 atom stereocenters. The number of nitrogens with zero attached hydrogens (tertiary/aromatic N) is 1. The molecule has 0 saturated heterocycles. The topological polar surface area (TPSA) is 67.8 Å². The highest BCUT2D eigenvalue weighted by Gasteiger charge is 2.03. The first-order chi connectivity index (χ1) is 7.17. The van der Waals surface area contributed by atoms with E-state index < -0.39 is 5.91 Å². The molecule has 0 bridgehead atoms. The number of carbonyl (C=O) groups excluding carboxylic acids is 1. The molecule has 0 aliphatic carbocycles. The molecule has 80 valence electrons. The highest BCUT2D eigenvalue weighted by atomic mass is 16.5. The van der Waals surface area contributed by atoms with E-state index in [1.807, 2.05) is 6.92 Å². The van der Waals surface area contributed by atoms with Gasteiger partial charge in [-0.05, 0) is 30.7 Å². The summed E-state index contributed by atoms with van der Waals surface area (Å²) in [5.74, 6) is 0.330. The van der Waals surface area contributed by atoms with Gasteiger partial charge in [0.2, 0.25) is 5.91 Å². The Kier molecular flexibility index (Phi) is 3.79. The fraction of sp³-hybridized carbons (Fsp3) is 0.300. The molecule has 15 heavy (non-hydrogen) atoms. The van der Waals surface area contributed by atoms with Crippen LogP contribution in [0, 0.1) is 11.8 Å². The zero-order chi connectivity index (χ0) is 11.3. The maximum absolute atomic E-state index is 11.0. The number of rotatable bonds is 4. The van der Waals surface area contributed by atoms with Gasteiger partial charge >= 0.3 is 0 Å². The molecule has 1 aromatic rings. The zero-order valence-corrected chi connectivity index (χ0v) is 8.61. The standard InChI is InChI=1S/C10H12N2O3/c1-7-5-8(3-4-9(7)15-2)12-10(13)6-11-14/h3-5H,6H2,1-2H3,(H,12,13). The second kappa shape index (κ2) is 5.09. The van der Waals surface area contributed by atoms with Crippen molar-refractivity contribution in [2.24, 2.45) is 5.18 Å². The lowest BCUT2D eigenvalue weighted by molar-refractivity contribution is -0.114. The molecule has 1 amide bonds. The Morgan fingerprint density at radius 3 is 2.80 bits per heavy atom. The number of hydrogen-bond acceptors (Lipinski definition) is 4. The first-order valence-corrected chi connectivity index (χ1v) is 4.41. The summed E-state index contributed by atoms with van der Waals surface area (Å²) in [6, 6.07) is 5.22. The summed E-state index contributed by atoms with van der Waals surface area (Å²) >= 11 is 0. The van der Waals surface area contributed by atoms with E-state index in [0.717, 1.165) is 11.3 Å². The number of ether oxygens (including phenoxy) is 1. The summed E-state index contributed by atoms with van der Waals surface area (Å²) in [5, 5.41) is 5.05. The molecule has 0 spiro atoms. The molecule has 0 aliphatic rings. The Morgan fingerprint density at radius 1 is 1.53 bits per heavy atom. The van der Waals surface area contributed by atoms with E-state index in [2.05, 4.69) is 10.5 Å². The summed E-state index contributed by atoms with van der Waals surface area (Å²) in [7, 11) is 1.58. The van der Waals surface area contributed by atoms with Gasteiger partial charge in [0.05, 0.1) is 7.11 Å². The third-order valence-corrected chi connectivity index (χ3v) is 1.89. The number of aryl methyl sites for hydroxylation is 1. The third kappa shape index (κ3) is 3.05. The summed E-state index contributed by atoms with van der Waals surface area (Å²) in [6.45, 7) is 1.50. The Labute approximate surface area is 87.4 Å². The van der Waals surface area contributed by atoms with Gasteiger partial charge in [0, 0.05) is 5.69 Å². The minimum Gasteiger partial charge on any atom is -0.496 e. The van der Waals surface area contributed by atoms with Crippen molar-refractivity contribution in [3.8, 4) is 5.75 Å². The number of nitroso groups, excluding NO2 is 1. The lowest BCUT2D eigenvalue weighted by atomic mass is 10.2. The number of benzene rings is 1. The van der Waals surface area contributed by atoms with Crippen LogP contribution in [0.25, 0.3) is 0 Å². The van der Waals surface area contributed by atoms with E-state index in [-0.39, 0.29) is 6.54 Å². The Balaban J connectivity index is 2.75. The van der Waals surface area contributed by atoms with E-state index in [1.54, 1.807) is 25.3 Å². The van der Waals surface area contributed by atoms with Crippen molar-refractivity contribution in [3.63, 3.8) is 0 Å².